The molecule has 0 aliphatic carbocycles. The summed E-state index contributed by atoms with van der Waals surface area (Å²) in [7, 11) is 1.81. The SMILES string of the molecule is C=CCOC(=O)C(NC)C1CCNCC1. The molecule has 0 aromatic carbocycles. The number of ether oxygens (including phenoxy) is 1. The van der Waals surface area contributed by atoms with Crippen molar-refractivity contribution >= 4 is 5.97 Å². The van der Waals surface area contributed by atoms with E-state index in [1.54, 1.807) is 6.08 Å². The van der Waals surface area contributed by atoms with E-state index in [0.717, 1.165) is 25.9 Å². The van der Waals surface area contributed by atoms with Crippen LogP contribution in [0.5, 0.6) is 0 Å². The average Bonchev–Trinajstić information content (AvgIpc) is 2.29. The highest BCUT2D eigenvalue weighted by atomic mass is 16.5. The number of hydrogen-bond donors (Lipinski definition) is 2. The van der Waals surface area contributed by atoms with Crippen molar-refractivity contribution in [1.82, 2.24) is 10.6 Å². The minimum atomic E-state index is -0.174. The molecule has 0 aromatic rings. The largest absolute Gasteiger partial charge is 0.460 e. The number of hydrogen-bond acceptors (Lipinski definition) is 4. The maximum atomic E-state index is 11.7. The smallest absolute Gasteiger partial charge is 0.323 e. The highest BCUT2D eigenvalue weighted by Gasteiger charge is 2.28. The summed E-state index contributed by atoms with van der Waals surface area (Å²) in [6.45, 7) is 5.78. The third-order valence-corrected chi connectivity index (χ3v) is 2.76. The van der Waals surface area contributed by atoms with E-state index in [9.17, 15) is 4.79 Å². The van der Waals surface area contributed by atoms with Crippen molar-refractivity contribution in [3.63, 3.8) is 0 Å². The van der Waals surface area contributed by atoms with E-state index >= 15 is 0 Å². The first-order chi connectivity index (χ1) is 7.29. The molecule has 0 amide bonds. The second-order valence-corrected chi connectivity index (χ2v) is 3.77. The third-order valence-electron chi connectivity index (χ3n) is 2.76. The highest BCUT2D eigenvalue weighted by Crippen LogP contribution is 2.17. The summed E-state index contributed by atoms with van der Waals surface area (Å²) < 4.78 is 5.06. The van der Waals surface area contributed by atoms with Gasteiger partial charge in [-0.2, -0.15) is 0 Å². The van der Waals surface area contributed by atoms with Gasteiger partial charge in [0, 0.05) is 0 Å². The lowest BCUT2D eigenvalue weighted by molar-refractivity contribution is -0.146. The van der Waals surface area contributed by atoms with Crippen LogP contribution in [0.4, 0.5) is 0 Å². The first-order valence-electron chi connectivity index (χ1n) is 5.45. The number of carbonyl (C=O) groups excluding carboxylic acids is 1. The van der Waals surface area contributed by atoms with Crippen molar-refractivity contribution in [2.24, 2.45) is 5.92 Å². The molecule has 1 rings (SSSR count). The second-order valence-electron chi connectivity index (χ2n) is 3.77. The zero-order chi connectivity index (χ0) is 11.1. The zero-order valence-corrected chi connectivity index (χ0v) is 9.29. The molecule has 1 saturated heterocycles. The van der Waals surface area contributed by atoms with E-state index in [0.29, 0.717) is 12.5 Å². The van der Waals surface area contributed by atoms with Gasteiger partial charge in [0.2, 0.25) is 0 Å². The van der Waals surface area contributed by atoms with Gasteiger partial charge in [0.1, 0.15) is 12.6 Å². The molecule has 4 nitrogen and oxygen atoms in total. The van der Waals surface area contributed by atoms with Crippen molar-refractivity contribution in [2.75, 3.05) is 26.7 Å². The van der Waals surface area contributed by atoms with Gasteiger partial charge in [-0.15, -0.1) is 0 Å². The molecule has 4 heteroatoms. The fourth-order valence-corrected chi connectivity index (χ4v) is 1.95. The zero-order valence-electron chi connectivity index (χ0n) is 9.29. The van der Waals surface area contributed by atoms with Crippen LogP contribution in [0.15, 0.2) is 12.7 Å². The maximum absolute atomic E-state index is 11.7. The molecule has 1 aliphatic rings. The van der Waals surface area contributed by atoms with E-state index in [4.69, 9.17) is 4.74 Å². The Hall–Kier alpha value is -0.870. The first kappa shape index (κ1) is 12.2. The number of likely N-dealkylation sites (N-methyl/N-ethyl adjacent to an activating group) is 1. The Balaban J connectivity index is 2.44. The Kier molecular flexibility index (Phi) is 5.36. The normalized spacial score (nSPS) is 19.5. The standard InChI is InChI=1S/C11H20N2O2/c1-3-8-15-11(14)10(12-2)9-4-6-13-7-5-9/h3,9-10,12-13H,1,4-8H2,2H3. The van der Waals surface area contributed by atoms with Gasteiger partial charge < -0.3 is 15.4 Å². The van der Waals surface area contributed by atoms with Crippen LogP contribution in [0, 0.1) is 5.92 Å². The van der Waals surface area contributed by atoms with Crippen molar-refractivity contribution in [3.8, 4) is 0 Å². The number of carbonyl (C=O) groups is 1. The molecule has 0 bridgehead atoms. The molecule has 1 fully saturated rings. The molecule has 1 atom stereocenters. The Morgan fingerprint density at radius 3 is 2.87 bits per heavy atom. The molecule has 86 valence electrons. The van der Waals surface area contributed by atoms with Gasteiger partial charge in [0.15, 0.2) is 0 Å². The lowest BCUT2D eigenvalue weighted by Crippen LogP contribution is -2.46. The first-order valence-corrected chi connectivity index (χ1v) is 5.45. The van der Waals surface area contributed by atoms with Crippen LogP contribution < -0.4 is 10.6 Å². The van der Waals surface area contributed by atoms with Crippen LogP contribution in [-0.2, 0) is 9.53 Å². The Labute approximate surface area is 91.1 Å². The quantitative estimate of drug-likeness (QED) is 0.508. The molecule has 2 N–H and O–H groups in total. The number of esters is 1. The minimum absolute atomic E-state index is 0.163. The Bertz CT molecular complexity index is 213. The Morgan fingerprint density at radius 1 is 1.67 bits per heavy atom. The van der Waals surface area contributed by atoms with Gasteiger partial charge in [0.05, 0.1) is 0 Å². The molecule has 1 heterocycles. The minimum Gasteiger partial charge on any atom is -0.460 e. The van der Waals surface area contributed by atoms with Crippen LogP contribution in [-0.4, -0.2) is 38.8 Å². The molecule has 1 unspecified atom stereocenters. The summed E-state index contributed by atoms with van der Waals surface area (Å²) in [5, 5.41) is 6.32. The van der Waals surface area contributed by atoms with Crippen LogP contribution in [0.3, 0.4) is 0 Å². The highest BCUT2D eigenvalue weighted by molar-refractivity contribution is 5.76. The molecular formula is C11H20N2O2. The summed E-state index contributed by atoms with van der Waals surface area (Å²) in [5.74, 6) is 0.220. The van der Waals surface area contributed by atoms with Crippen LogP contribution >= 0.6 is 0 Å². The molecule has 15 heavy (non-hydrogen) atoms. The van der Waals surface area contributed by atoms with E-state index in [1.165, 1.54) is 0 Å². The number of piperidine rings is 1. The van der Waals surface area contributed by atoms with E-state index in [-0.39, 0.29) is 12.0 Å². The summed E-state index contributed by atoms with van der Waals surface area (Å²) in [6.07, 6.45) is 3.64. The van der Waals surface area contributed by atoms with Gasteiger partial charge in [0.25, 0.3) is 0 Å². The fourth-order valence-electron chi connectivity index (χ4n) is 1.95. The lowest BCUT2D eigenvalue weighted by Gasteiger charge is -2.28. The Morgan fingerprint density at radius 2 is 2.33 bits per heavy atom. The summed E-state index contributed by atoms with van der Waals surface area (Å²) in [4.78, 5) is 11.7. The third kappa shape index (κ3) is 3.64. The molecule has 0 radical (unpaired) electrons. The van der Waals surface area contributed by atoms with Crippen LogP contribution in [0.25, 0.3) is 0 Å². The second kappa shape index (κ2) is 6.58. The summed E-state index contributed by atoms with van der Waals surface area (Å²) in [5.41, 5.74) is 0. The predicted octanol–water partition coefficient (Wildman–Crippen LogP) is 0.303. The lowest BCUT2D eigenvalue weighted by atomic mass is 9.90. The van der Waals surface area contributed by atoms with Gasteiger partial charge in [-0.25, -0.2) is 0 Å². The molecule has 0 aromatic heterocycles. The molecular weight excluding hydrogens is 192 g/mol. The summed E-state index contributed by atoms with van der Waals surface area (Å²) in [6, 6.07) is -0.174. The average molecular weight is 212 g/mol. The van der Waals surface area contributed by atoms with Gasteiger partial charge in [-0.1, -0.05) is 12.7 Å². The van der Waals surface area contributed by atoms with Crippen molar-refractivity contribution in [3.05, 3.63) is 12.7 Å². The van der Waals surface area contributed by atoms with Gasteiger partial charge in [-0.3, -0.25) is 4.79 Å². The number of rotatable bonds is 5. The van der Waals surface area contributed by atoms with E-state index in [2.05, 4.69) is 17.2 Å². The van der Waals surface area contributed by atoms with Crippen LogP contribution in [0.1, 0.15) is 12.8 Å². The fraction of sp³-hybridized carbons (Fsp3) is 0.727. The number of nitrogens with one attached hydrogen (secondary N) is 2. The van der Waals surface area contributed by atoms with E-state index < -0.39 is 0 Å². The van der Waals surface area contributed by atoms with Gasteiger partial charge in [-0.05, 0) is 38.9 Å². The van der Waals surface area contributed by atoms with E-state index in [1.807, 2.05) is 7.05 Å². The van der Waals surface area contributed by atoms with Crippen molar-refractivity contribution < 1.29 is 9.53 Å². The monoisotopic (exact) mass is 212 g/mol. The van der Waals surface area contributed by atoms with Crippen molar-refractivity contribution in [2.45, 2.75) is 18.9 Å². The molecule has 0 saturated carbocycles. The van der Waals surface area contributed by atoms with Gasteiger partial charge >= 0.3 is 5.97 Å². The predicted molar refractivity (Wildman–Crippen MR) is 59.6 cm³/mol. The summed E-state index contributed by atoms with van der Waals surface area (Å²) >= 11 is 0. The molecule has 1 aliphatic heterocycles. The van der Waals surface area contributed by atoms with Crippen LogP contribution in [0.2, 0.25) is 0 Å². The van der Waals surface area contributed by atoms with Crippen molar-refractivity contribution in [1.29, 1.82) is 0 Å². The molecule has 0 spiro atoms. The topological polar surface area (TPSA) is 50.4 Å². The maximum Gasteiger partial charge on any atom is 0.323 e.